The monoisotopic (exact) mass is 262 g/mol. The Balaban J connectivity index is 2.26. The van der Waals surface area contributed by atoms with Gasteiger partial charge < -0.3 is 5.11 Å². The highest BCUT2D eigenvalue weighted by Crippen LogP contribution is 2.27. The molecule has 1 fully saturated rings. The minimum absolute atomic E-state index is 0.215. The summed E-state index contributed by atoms with van der Waals surface area (Å²) in [5.41, 5.74) is 0. The van der Waals surface area contributed by atoms with E-state index in [0.29, 0.717) is 18.8 Å². The van der Waals surface area contributed by atoms with E-state index in [1.165, 1.54) is 25.7 Å². The van der Waals surface area contributed by atoms with Crippen molar-refractivity contribution in [3.05, 3.63) is 0 Å². The van der Waals surface area contributed by atoms with E-state index in [1.807, 2.05) is 0 Å². The summed E-state index contributed by atoms with van der Waals surface area (Å²) in [6.07, 6.45) is 8.19. The minimum Gasteiger partial charge on any atom is -0.393 e. The van der Waals surface area contributed by atoms with E-state index in [4.69, 9.17) is 0 Å². The van der Waals surface area contributed by atoms with E-state index in [1.54, 1.807) is 6.92 Å². The van der Waals surface area contributed by atoms with Crippen LogP contribution >= 0.6 is 0 Å². The molecule has 1 aliphatic carbocycles. The average molecular weight is 262 g/mol. The van der Waals surface area contributed by atoms with Crippen LogP contribution in [0.3, 0.4) is 0 Å². The first-order valence-corrected chi connectivity index (χ1v) is 8.76. The fraction of sp³-hybridized carbons (Fsp3) is 1.00. The summed E-state index contributed by atoms with van der Waals surface area (Å²) in [5, 5.41) is 10.1. The van der Waals surface area contributed by atoms with Crippen LogP contribution in [0.2, 0.25) is 0 Å². The molecular formula is C13H26O3S. The second kappa shape index (κ2) is 7.37. The molecular weight excluding hydrogens is 236 g/mol. The standard InChI is InChI=1S/C13H26O3S/c1-2-17(15,16)11-7-10-13(14)12-8-5-3-4-6-9-12/h12-14H,2-11H2,1H3. The van der Waals surface area contributed by atoms with Crippen molar-refractivity contribution < 1.29 is 13.5 Å². The highest BCUT2D eigenvalue weighted by atomic mass is 32.2. The van der Waals surface area contributed by atoms with Crippen molar-refractivity contribution in [2.45, 2.75) is 64.4 Å². The molecule has 4 heteroatoms. The molecule has 1 unspecified atom stereocenters. The Morgan fingerprint density at radius 1 is 1.18 bits per heavy atom. The Hall–Kier alpha value is -0.0900. The first kappa shape index (κ1) is 15.0. The highest BCUT2D eigenvalue weighted by Gasteiger charge is 2.20. The molecule has 3 nitrogen and oxygen atoms in total. The third-order valence-corrected chi connectivity index (χ3v) is 5.63. The van der Waals surface area contributed by atoms with Crippen molar-refractivity contribution in [2.24, 2.45) is 5.92 Å². The smallest absolute Gasteiger partial charge is 0.150 e. The van der Waals surface area contributed by atoms with Crippen molar-refractivity contribution in [1.82, 2.24) is 0 Å². The van der Waals surface area contributed by atoms with Gasteiger partial charge in [0.2, 0.25) is 0 Å². The van der Waals surface area contributed by atoms with Crippen molar-refractivity contribution >= 4 is 9.84 Å². The van der Waals surface area contributed by atoms with E-state index in [0.717, 1.165) is 12.8 Å². The Kier molecular flexibility index (Phi) is 6.49. The van der Waals surface area contributed by atoms with Crippen LogP contribution in [0.25, 0.3) is 0 Å². The maximum atomic E-state index is 11.3. The number of hydrogen-bond acceptors (Lipinski definition) is 3. The van der Waals surface area contributed by atoms with Crippen LogP contribution in [-0.4, -0.2) is 31.1 Å². The number of sulfone groups is 1. The molecule has 1 aliphatic rings. The van der Waals surface area contributed by atoms with Gasteiger partial charge in [0.25, 0.3) is 0 Å². The molecule has 0 amide bonds. The summed E-state index contributed by atoms with van der Waals surface area (Å²) in [6, 6.07) is 0. The van der Waals surface area contributed by atoms with Crippen molar-refractivity contribution in [3.63, 3.8) is 0 Å². The molecule has 1 rings (SSSR count). The van der Waals surface area contributed by atoms with Gasteiger partial charge in [-0.05, 0) is 31.6 Å². The van der Waals surface area contributed by atoms with Gasteiger partial charge in [0.05, 0.1) is 11.9 Å². The number of rotatable bonds is 6. The molecule has 0 aromatic heterocycles. The number of hydrogen-bond donors (Lipinski definition) is 1. The molecule has 1 saturated carbocycles. The Morgan fingerprint density at radius 2 is 1.76 bits per heavy atom. The predicted octanol–water partition coefficient (Wildman–Crippen LogP) is 2.53. The summed E-state index contributed by atoms with van der Waals surface area (Å²) < 4.78 is 22.7. The summed E-state index contributed by atoms with van der Waals surface area (Å²) >= 11 is 0. The van der Waals surface area contributed by atoms with E-state index in [9.17, 15) is 13.5 Å². The predicted molar refractivity (Wildman–Crippen MR) is 70.8 cm³/mol. The molecule has 0 heterocycles. The first-order chi connectivity index (χ1) is 8.05. The van der Waals surface area contributed by atoms with Crippen molar-refractivity contribution in [1.29, 1.82) is 0 Å². The van der Waals surface area contributed by atoms with E-state index in [2.05, 4.69) is 0 Å². The lowest BCUT2D eigenvalue weighted by atomic mass is 9.91. The van der Waals surface area contributed by atoms with Crippen molar-refractivity contribution in [3.8, 4) is 0 Å². The van der Waals surface area contributed by atoms with Crippen LogP contribution in [0.5, 0.6) is 0 Å². The van der Waals surface area contributed by atoms with Gasteiger partial charge in [0, 0.05) is 5.75 Å². The van der Waals surface area contributed by atoms with Gasteiger partial charge in [0.1, 0.15) is 9.84 Å². The molecule has 0 aromatic rings. The zero-order valence-electron chi connectivity index (χ0n) is 10.9. The zero-order chi connectivity index (χ0) is 12.7. The molecule has 0 saturated heterocycles. The lowest BCUT2D eigenvalue weighted by molar-refractivity contribution is 0.0896. The van der Waals surface area contributed by atoms with Gasteiger partial charge in [-0.25, -0.2) is 8.42 Å². The van der Waals surface area contributed by atoms with Gasteiger partial charge >= 0.3 is 0 Å². The van der Waals surface area contributed by atoms with Crippen LogP contribution in [0.1, 0.15) is 58.3 Å². The number of aliphatic hydroxyl groups is 1. The number of aliphatic hydroxyl groups excluding tert-OH is 1. The van der Waals surface area contributed by atoms with Crippen LogP contribution in [0.4, 0.5) is 0 Å². The third-order valence-electron chi connectivity index (χ3n) is 3.84. The quantitative estimate of drug-likeness (QED) is 0.748. The van der Waals surface area contributed by atoms with E-state index < -0.39 is 9.84 Å². The molecule has 17 heavy (non-hydrogen) atoms. The summed E-state index contributed by atoms with van der Waals surface area (Å²) in [7, 11) is -2.86. The van der Waals surface area contributed by atoms with Gasteiger partial charge in [0.15, 0.2) is 0 Å². The molecule has 1 atom stereocenters. The maximum absolute atomic E-state index is 11.3. The second-order valence-electron chi connectivity index (χ2n) is 5.20. The van der Waals surface area contributed by atoms with Gasteiger partial charge in [-0.3, -0.25) is 0 Å². The fourth-order valence-electron chi connectivity index (χ4n) is 2.59. The normalized spacial score (nSPS) is 21.1. The zero-order valence-corrected chi connectivity index (χ0v) is 11.7. The lowest BCUT2D eigenvalue weighted by Crippen LogP contribution is -2.21. The molecule has 0 radical (unpaired) electrons. The van der Waals surface area contributed by atoms with Gasteiger partial charge in [-0.2, -0.15) is 0 Å². The van der Waals surface area contributed by atoms with Gasteiger partial charge in [-0.15, -0.1) is 0 Å². The Morgan fingerprint density at radius 3 is 2.29 bits per heavy atom. The molecule has 1 N–H and O–H groups in total. The lowest BCUT2D eigenvalue weighted by Gasteiger charge is -2.21. The average Bonchev–Trinajstić information content (AvgIpc) is 2.57. The molecule has 102 valence electrons. The van der Waals surface area contributed by atoms with E-state index in [-0.39, 0.29) is 17.6 Å². The Labute approximate surface area is 106 Å². The highest BCUT2D eigenvalue weighted by molar-refractivity contribution is 7.91. The first-order valence-electron chi connectivity index (χ1n) is 6.93. The van der Waals surface area contributed by atoms with E-state index >= 15 is 0 Å². The van der Waals surface area contributed by atoms with Gasteiger partial charge in [-0.1, -0.05) is 32.6 Å². The molecule has 0 aliphatic heterocycles. The third kappa shape index (κ3) is 5.87. The van der Waals surface area contributed by atoms with Crippen molar-refractivity contribution in [2.75, 3.05) is 11.5 Å². The SMILES string of the molecule is CCS(=O)(=O)CCCC(O)C1CCCCCC1. The molecule has 0 spiro atoms. The summed E-state index contributed by atoms with van der Waals surface area (Å²) in [5.74, 6) is 0.849. The van der Waals surface area contributed by atoms with Crippen LogP contribution in [0, 0.1) is 5.92 Å². The minimum atomic E-state index is -2.86. The topological polar surface area (TPSA) is 54.4 Å². The van der Waals surface area contributed by atoms with Crippen LogP contribution < -0.4 is 0 Å². The van der Waals surface area contributed by atoms with Crippen LogP contribution in [-0.2, 0) is 9.84 Å². The Bertz CT molecular complexity index is 290. The second-order valence-corrected chi connectivity index (χ2v) is 7.67. The molecule has 0 aromatic carbocycles. The van der Waals surface area contributed by atoms with Crippen LogP contribution in [0.15, 0.2) is 0 Å². The summed E-state index contributed by atoms with van der Waals surface area (Å²) in [6.45, 7) is 1.68. The summed E-state index contributed by atoms with van der Waals surface area (Å²) in [4.78, 5) is 0. The molecule has 0 bridgehead atoms. The largest absolute Gasteiger partial charge is 0.393 e. The fourth-order valence-corrected chi connectivity index (χ4v) is 3.48. The maximum Gasteiger partial charge on any atom is 0.150 e.